The van der Waals surface area contributed by atoms with E-state index in [1.165, 1.54) is 0 Å². The number of halogens is 3. The Balaban J connectivity index is 1.52. The Hall–Kier alpha value is -1.83. The molecule has 8 heteroatoms. The van der Waals surface area contributed by atoms with Crippen molar-refractivity contribution in [2.75, 3.05) is 6.54 Å². The van der Waals surface area contributed by atoms with E-state index in [1.54, 1.807) is 18.2 Å². The molecule has 1 aromatic carbocycles. The molecule has 4 rings (SSSR count). The van der Waals surface area contributed by atoms with Gasteiger partial charge in [0.15, 0.2) is 0 Å². The molecule has 1 aromatic heterocycles. The van der Waals surface area contributed by atoms with Gasteiger partial charge in [-0.2, -0.15) is 0 Å². The number of carbonyl (C=O) groups is 1. The maximum atomic E-state index is 13.4. The van der Waals surface area contributed by atoms with Gasteiger partial charge in [0.2, 0.25) is 5.92 Å². The molecule has 1 amide bonds. The van der Waals surface area contributed by atoms with Crippen molar-refractivity contribution < 1.29 is 23.8 Å². The fourth-order valence-electron chi connectivity index (χ4n) is 4.47. The molecule has 2 unspecified atom stereocenters. The van der Waals surface area contributed by atoms with Gasteiger partial charge in [0.1, 0.15) is 0 Å². The summed E-state index contributed by atoms with van der Waals surface area (Å²) in [6, 6.07) is 7.02. The summed E-state index contributed by atoms with van der Waals surface area (Å²) in [4.78, 5) is 17.5. The largest absolute Gasteiger partial charge is 0.393 e. The third kappa shape index (κ3) is 4.43. The van der Waals surface area contributed by atoms with E-state index in [2.05, 4.69) is 10.3 Å². The first-order valence-electron chi connectivity index (χ1n) is 10.3. The van der Waals surface area contributed by atoms with Crippen molar-refractivity contribution in [1.29, 1.82) is 0 Å². The fourth-order valence-corrected chi connectivity index (χ4v) is 4.72. The lowest BCUT2D eigenvalue weighted by Gasteiger charge is -2.35. The Kier molecular flexibility index (Phi) is 5.72. The molecular weight excluding hydrogens is 414 g/mol. The molecule has 0 aliphatic heterocycles. The Labute approximate surface area is 178 Å². The number of rotatable bonds is 4. The Bertz CT molecular complexity index is 959. The molecule has 162 valence electrons. The molecule has 1 heterocycles. The second-order valence-corrected chi connectivity index (χ2v) is 9.06. The fraction of sp³-hybridized carbons (Fsp3) is 0.545. The Morgan fingerprint density at radius 3 is 2.57 bits per heavy atom. The molecule has 2 aliphatic carbocycles. The highest BCUT2D eigenvalue weighted by Crippen LogP contribution is 2.38. The van der Waals surface area contributed by atoms with Crippen LogP contribution in [0.1, 0.15) is 66.9 Å². The van der Waals surface area contributed by atoms with Crippen molar-refractivity contribution in [2.24, 2.45) is 0 Å². The Morgan fingerprint density at radius 2 is 1.90 bits per heavy atom. The summed E-state index contributed by atoms with van der Waals surface area (Å²) in [7, 11) is 0. The topological polar surface area (TPSA) is 82.5 Å². The lowest BCUT2D eigenvalue weighted by atomic mass is 9.82. The normalized spacial score (nSPS) is 25.4. The zero-order valence-electron chi connectivity index (χ0n) is 16.5. The number of alkyl halides is 2. The summed E-state index contributed by atoms with van der Waals surface area (Å²) in [5.74, 6) is -3.04. The molecule has 0 bridgehead atoms. The van der Waals surface area contributed by atoms with Crippen LogP contribution in [0.25, 0.3) is 10.9 Å². The first-order chi connectivity index (χ1) is 14.2. The molecule has 0 radical (unpaired) electrons. The van der Waals surface area contributed by atoms with Gasteiger partial charge in [0, 0.05) is 36.4 Å². The van der Waals surface area contributed by atoms with E-state index in [9.17, 15) is 23.8 Å². The minimum atomic E-state index is -2.76. The number of amides is 1. The van der Waals surface area contributed by atoms with Gasteiger partial charge in [-0.1, -0.05) is 17.7 Å². The van der Waals surface area contributed by atoms with Gasteiger partial charge in [-0.15, -0.1) is 0 Å². The number of hydrogen-bond acceptors (Lipinski definition) is 4. The number of aliphatic hydroxyl groups is 2. The summed E-state index contributed by atoms with van der Waals surface area (Å²) in [5.41, 5.74) is 0.414. The predicted octanol–water partition coefficient (Wildman–Crippen LogP) is 4.19. The van der Waals surface area contributed by atoms with Gasteiger partial charge in [0.25, 0.3) is 5.91 Å². The second-order valence-electron chi connectivity index (χ2n) is 8.65. The van der Waals surface area contributed by atoms with E-state index in [0.29, 0.717) is 17.3 Å². The highest BCUT2D eigenvalue weighted by atomic mass is 35.5. The molecule has 0 spiro atoms. The van der Waals surface area contributed by atoms with Gasteiger partial charge in [-0.3, -0.25) is 9.78 Å². The molecule has 2 aliphatic rings. The van der Waals surface area contributed by atoms with Crippen LogP contribution in [0.4, 0.5) is 8.78 Å². The van der Waals surface area contributed by atoms with Crippen LogP contribution in [0.15, 0.2) is 24.3 Å². The van der Waals surface area contributed by atoms with Crippen LogP contribution < -0.4 is 5.32 Å². The van der Waals surface area contributed by atoms with Gasteiger partial charge in [0.05, 0.1) is 27.8 Å². The number of nitrogens with zero attached hydrogens (tertiary/aromatic N) is 1. The summed E-state index contributed by atoms with van der Waals surface area (Å²) in [6.45, 7) is -0.111. The minimum Gasteiger partial charge on any atom is -0.393 e. The monoisotopic (exact) mass is 438 g/mol. The summed E-state index contributed by atoms with van der Waals surface area (Å²) in [5, 5.41) is 23.8. The van der Waals surface area contributed by atoms with Gasteiger partial charge in [-0.25, -0.2) is 8.78 Å². The average Bonchev–Trinajstić information content (AvgIpc) is 3.15. The molecular formula is C22H25ClF2N2O3. The van der Waals surface area contributed by atoms with E-state index in [-0.39, 0.29) is 42.0 Å². The van der Waals surface area contributed by atoms with E-state index < -0.39 is 30.3 Å². The zero-order chi connectivity index (χ0) is 21.5. The van der Waals surface area contributed by atoms with E-state index >= 15 is 0 Å². The van der Waals surface area contributed by atoms with E-state index in [1.807, 2.05) is 6.07 Å². The van der Waals surface area contributed by atoms with Crippen LogP contribution in [0, 0.1) is 0 Å². The SMILES string of the molecule is O=C(NCC1(O)CCC(F)(F)CC1)c1c(Cl)ccc2nc(C3CCC(O)C3)ccc12. The number of benzene rings is 1. The van der Waals surface area contributed by atoms with Crippen molar-refractivity contribution in [3.63, 3.8) is 0 Å². The van der Waals surface area contributed by atoms with E-state index in [0.717, 1.165) is 18.5 Å². The zero-order valence-corrected chi connectivity index (χ0v) is 17.3. The number of pyridine rings is 1. The summed E-state index contributed by atoms with van der Waals surface area (Å²) >= 11 is 6.29. The summed E-state index contributed by atoms with van der Waals surface area (Å²) in [6.07, 6.45) is 1.09. The van der Waals surface area contributed by atoms with Gasteiger partial charge >= 0.3 is 0 Å². The molecule has 5 nitrogen and oxygen atoms in total. The molecule has 30 heavy (non-hydrogen) atoms. The quantitative estimate of drug-likeness (QED) is 0.668. The minimum absolute atomic E-state index is 0.0678. The van der Waals surface area contributed by atoms with Crippen LogP contribution in [-0.2, 0) is 0 Å². The maximum Gasteiger partial charge on any atom is 0.253 e. The van der Waals surface area contributed by atoms with Crippen molar-refractivity contribution in [2.45, 2.75) is 68.5 Å². The number of hydrogen-bond donors (Lipinski definition) is 3. The number of aliphatic hydroxyl groups excluding tert-OH is 1. The molecule has 2 fully saturated rings. The van der Waals surface area contributed by atoms with Crippen molar-refractivity contribution in [3.05, 3.63) is 40.5 Å². The van der Waals surface area contributed by atoms with Gasteiger partial charge in [-0.05, 0) is 50.3 Å². The van der Waals surface area contributed by atoms with Crippen molar-refractivity contribution in [1.82, 2.24) is 10.3 Å². The summed E-state index contributed by atoms with van der Waals surface area (Å²) < 4.78 is 26.7. The standard InChI is InChI=1S/C22H25ClF2N2O3/c23-16-4-6-18-15(3-5-17(27-18)13-1-2-14(28)11-13)19(16)20(29)26-12-21(30)7-9-22(24,25)10-8-21/h3-6,13-14,28,30H,1-2,7-12H2,(H,26,29). The first kappa shape index (κ1) is 21.4. The van der Waals surface area contributed by atoms with Crippen molar-refractivity contribution in [3.8, 4) is 0 Å². The lowest BCUT2D eigenvalue weighted by molar-refractivity contribution is -0.101. The third-order valence-electron chi connectivity index (χ3n) is 6.38. The van der Waals surface area contributed by atoms with Crippen LogP contribution in [0.2, 0.25) is 5.02 Å². The number of nitrogens with one attached hydrogen (secondary N) is 1. The third-order valence-corrected chi connectivity index (χ3v) is 6.70. The highest BCUT2D eigenvalue weighted by molar-refractivity contribution is 6.35. The first-order valence-corrected chi connectivity index (χ1v) is 10.7. The average molecular weight is 439 g/mol. The number of aromatic nitrogens is 1. The second kappa shape index (κ2) is 8.02. The number of carbonyl (C=O) groups excluding carboxylic acids is 1. The molecule has 2 saturated carbocycles. The maximum absolute atomic E-state index is 13.4. The molecule has 0 saturated heterocycles. The lowest BCUT2D eigenvalue weighted by Crippen LogP contribution is -2.47. The number of fused-ring (bicyclic) bond motifs is 1. The van der Waals surface area contributed by atoms with Crippen molar-refractivity contribution >= 4 is 28.4 Å². The molecule has 2 atom stereocenters. The van der Waals surface area contributed by atoms with Crippen LogP contribution in [0.3, 0.4) is 0 Å². The van der Waals surface area contributed by atoms with E-state index in [4.69, 9.17) is 11.6 Å². The van der Waals surface area contributed by atoms with Crippen LogP contribution in [0.5, 0.6) is 0 Å². The smallest absolute Gasteiger partial charge is 0.253 e. The molecule has 3 N–H and O–H groups in total. The predicted molar refractivity (Wildman–Crippen MR) is 110 cm³/mol. The van der Waals surface area contributed by atoms with Gasteiger partial charge < -0.3 is 15.5 Å². The molecule has 2 aromatic rings. The Morgan fingerprint density at radius 1 is 1.17 bits per heavy atom. The highest BCUT2D eigenvalue weighted by Gasteiger charge is 2.42. The van der Waals surface area contributed by atoms with Crippen LogP contribution >= 0.6 is 11.6 Å². The van der Waals surface area contributed by atoms with Crippen LogP contribution in [-0.4, -0.2) is 45.3 Å².